The lowest BCUT2D eigenvalue weighted by molar-refractivity contribution is -0.138. The molecule has 9 nitrogen and oxygen atoms in total. The lowest BCUT2D eigenvalue weighted by Gasteiger charge is -2.37. The Morgan fingerprint density at radius 1 is 1.10 bits per heavy atom. The molecule has 0 radical (unpaired) electrons. The van der Waals surface area contributed by atoms with Crippen LogP contribution in [-0.2, 0) is 4.79 Å². The molecule has 1 unspecified atom stereocenters. The molecule has 4 rings (SSSR count). The van der Waals surface area contributed by atoms with E-state index in [9.17, 15) is 28.7 Å². The SMILES string of the molecule is Cc1cc(C(=O)c2ccc(C(=O)NCC(=O)N3C(C(C)(C)O)CC[C@H]3c3cccc(F)c3)cc2C)c(=O)[nH]n1. The van der Waals surface area contributed by atoms with Crippen LogP contribution in [0.4, 0.5) is 4.39 Å². The summed E-state index contributed by atoms with van der Waals surface area (Å²) in [6.07, 6.45) is 1.07. The van der Waals surface area contributed by atoms with Gasteiger partial charge in [-0.1, -0.05) is 12.1 Å². The minimum absolute atomic E-state index is 0.0479. The van der Waals surface area contributed by atoms with Gasteiger partial charge in [-0.05, 0) is 88.1 Å². The molecule has 2 amide bonds. The third-order valence-corrected chi connectivity index (χ3v) is 7.03. The Morgan fingerprint density at radius 2 is 1.85 bits per heavy atom. The van der Waals surface area contributed by atoms with Crippen LogP contribution in [0.5, 0.6) is 0 Å². The van der Waals surface area contributed by atoms with Gasteiger partial charge in [0, 0.05) is 11.1 Å². The predicted octanol–water partition coefficient (Wildman–Crippen LogP) is 2.99. The number of rotatable bonds is 7. The van der Waals surface area contributed by atoms with Crippen LogP contribution in [0.1, 0.15) is 75.8 Å². The second-order valence-electron chi connectivity index (χ2n) is 10.4. The van der Waals surface area contributed by atoms with Gasteiger partial charge >= 0.3 is 0 Å². The number of amides is 2. The molecule has 204 valence electrons. The van der Waals surface area contributed by atoms with Crippen molar-refractivity contribution in [3.63, 3.8) is 0 Å². The average molecular weight is 535 g/mol. The number of aryl methyl sites for hydroxylation is 2. The summed E-state index contributed by atoms with van der Waals surface area (Å²) >= 11 is 0. The van der Waals surface area contributed by atoms with Gasteiger partial charge in [0.05, 0.1) is 35.5 Å². The number of hydrogen-bond donors (Lipinski definition) is 3. The van der Waals surface area contributed by atoms with E-state index in [1.54, 1.807) is 39.8 Å². The van der Waals surface area contributed by atoms with E-state index in [0.717, 1.165) is 0 Å². The van der Waals surface area contributed by atoms with Crippen molar-refractivity contribution >= 4 is 17.6 Å². The van der Waals surface area contributed by atoms with Gasteiger partial charge in [-0.2, -0.15) is 5.10 Å². The van der Waals surface area contributed by atoms with E-state index in [0.29, 0.717) is 29.7 Å². The largest absolute Gasteiger partial charge is 0.388 e. The zero-order valence-corrected chi connectivity index (χ0v) is 22.2. The summed E-state index contributed by atoms with van der Waals surface area (Å²) in [6, 6.07) is 10.9. The Bertz CT molecular complexity index is 1490. The number of likely N-dealkylation sites (tertiary alicyclic amines) is 1. The number of carbonyl (C=O) groups is 3. The normalized spacial score (nSPS) is 17.2. The van der Waals surface area contributed by atoms with Crippen LogP contribution in [0, 0.1) is 19.7 Å². The van der Waals surface area contributed by atoms with E-state index >= 15 is 0 Å². The summed E-state index contributed by atoms with van der Waals surface area (Å²) in [6.45, 7) is 6.22. The highest BCUT2D eigenvalue weighted by Crippen LogP contribution is 2.40. The number of aliphatic hydroxyl groups is 1. The highest BCUT2D eigenvalue weighted by Gasteiger charge is 2.44. The molecule has 2 heterocycles. The number of aromatic amines is 1. The van der Waals surface area contributed by atoms with Gasteiger partial charge in [-0.25, -0.2) is 9.49 Å². The molecule has 0 bridgehead atoms. The van der Waals surface area contributed by atoms with Crippen molar-refractivity contribution in [3.05, 3.63) is 98.2 Å². The third-order valence-electron chi connectivity index (χ3n) is 7.03. The molecule has 1 aromatic heterocycles. The Balaban J connectivity index is 1.50. The number of hydrogen-bond acceptors (Lipinski definition) is 6. The number of nitrogens with zero attached hydrogens (tertiary/aromatic N) is 2. The molecule has 3 N–H and O–H groups in total. The molecule has 0 saturated carbocycles. The molecule has 1 aliphatic heterocycles. The summed E-state index contributed by atoms with van der Waals surface area (Å²) in [5.41, 5.74) is 0.250. The molecule has 1 saturated heterocycles. The molecule has 39 heavy (non-hydrogen) atoms. The Hall–Kier alpha value is -4.18. The molecule has 2 aromatic carbocycles. The number of nitrogens with one attached hydrogen (secondary N) is 2. The number of halogens is 1. The zero-order valence-electron chi connectivity index (χ0n) is 22.2. The lowest BCUT2D eigenvalue weighted by Crippen LogP contribution is -2.51. The molecule has 1 aliphatic rings. The van der Waals surface area contributed by atoms with Crippen molar-refractivity contribution in [2.24, 2.45) is 0 Å². The molecule has 0 spiro atoms. The first-order valence-corrected chi connectivity index (χ1v) is 12.7. The predicted molar refractivity (Wildman–Crippen MR) is 142 cm³/mol. The van der Waals surface area contributed by atoms with Gasteiger partial charge in [-0.3, -0.25) is 19.2 Å². The summed E-state index contributed by atoms with van der Waals surface area (Å²) in [5, 5.41) is 19.4. The fourth-order valence-corrected chi connectivity index (χ4v) is 5.12. The van der Waals surface area contributed by atoms with Gasteiger partial charge in [-0.15, -0.1) is 0 Å². The van der Waals surface area contributed by atoms with Crippen LogP contribution in [0.15, 0.2) is 53.3 Å². The van der Waals surface area contributed by atoms with Gasteiger partial charge in [0.15, 0.2) is 5.78 Å². The number of benzene rings is 2. The Labute approximate surface area is 225 Å². The first kappa shape index (κ1) is 27.8. The van der Waals surface area contributed by atoms with E-state index in [4.69, 9.17) is 0 Å². The summed E-state index contributed by atoms with van der Waals surface area (Å²) in [5.74, 6) is -1.83. The minimum Gasteiger partial charge on any atom is -0.388 e. The van der Waals surface area contributed by atoms with Crippen molar-refractivity contribution < 1.29 is 23.9 Å². The van der Waals surface area contributed by atoms with Crippen LogP contribution in [0.3, 0.4) is 0 Å². The second-order valence-corrected chi connectivity index (χ2v) is 10.4. The maximum atomic E-state index is 13.9. The van der Waals surface area contributed by atoms with Crippen molar-refractivity contribution in [2.45, 2.75) is 58.2 Å². The topological polar surface area (TPSA) is 132 Å². The van der Waals surface area contributed by atoms with Crippen molar-refractivity contribution in [1.29, 1.82) is 0 Å². The maximum absolute atomic E-state index is 13.9. The Morgan fingerprint density at radius 3 is 2.51 bits per heavy atom. The van der Waals surface area contributed by atoms with E-state index in [2.05, 4.69) is 15.5 Å². The highest BCUT2D eigenvalue weighted by molar-refractivity contribution is 6.10. The molecular formula is C29H31FN4O5. The van der Waals surface area contributed by atoms with Crippen molar-refractivity contribution in [1.82, 2.24) is 20.4 Å². The molecule has 1 fully saturated rings. The van der Waals surface area contributed by atoms with Crippen LogP contribution in [-0.4, -0.2) is 56.0 Å². The number of aromatic nitrogens is 2. The maximum Gasteiger partial charge on any atom is 0.275 e. The van der Waals surface area contributed by atoms with Crippen LogP contribution >= 0.6 is 0 Å². The van der Waals surface area contributed by atoms with Gasteiger partial charge in [0.2, 0.25) is 5.91 Å². The number of carbonyl (C=O) groups excluding carboxylic acids is 3. The highest BCUT2D eigenvalue weighted by atomic mass is 19.1. The number of H-pyrrole nitrogens is 1. The lowest BCUT2D eigenvalue weighted by atomic mass is 9.96. The Kier molecular flexibility index (Phi) is 7.78. The zero-order chi connectivity index (χ0) is 28.5. The molecule has 0 aliphatic carbocycles. The van der Waals surface area contributed by atoms with Crippen LogP contribution in [0.2, 0.25) is 0 Å². The van der Waals surface area contributed by atoms with E-state index in [1.165, 1.54) is 41.3 Å². The second kappa shape index (κ2) is 10.9. The van der Waals surface area contributed by atoms with E-state index < -0.39 is 46.7 Å². The number of ketones is 1. The smallest absolute Gasteiger partial charge is 0.275 e. The van der Waals surface area contributed by atoms with Gasteiger partial charge in [0.1, 0.15) is 5.82 Å². The average Bonchev–Trinajstić information content (AvgIpc) is 3.34. The van der Waals surface area contributed by atoms with E-state index in [1.807, 2.05) is 0 Å². The monoisotopic (exact) mass is 534 g/mol. The third kappa shape index (κ3) is 5.96. The first-order chi connectivity index (χ1) is 18.4. The summed E-state index contributed by atoms with van der Waals surface area (Å²) in [4.78, 5) is 52.8. The fourth-order valence-electron chi connectivity index (χ4n) is 5.12. The molecule has 10 heteroatoms. The van der Waals surface area contributed by atoms with Gasteiger partial charge < -0.3 is 15.3 Å². The summed E-state index contributed by atoms with van der Waals surface area (Å²) < 4.78 is 13.9. The van der Waals surface area contributed by atoms with Crippen molar-refractivity contribution in [2.75, 3.05) is 6.54 Å². The first-order valence-electron chi connectivity index (χ1n) is 12.7. The van der Waals surface area contributed by atoms with Crippen LogP contribution < -0.4 is 10.9 Å². The van der Waals surface area contributed by atoms with Crippen molar-refractivity contribution in [3.8, 4) is 0 Å². The minimum atomic E-state index is -1.20. The van der Waals surface area contributed by atoms with Gasteiger partial charge in [0.25, 0.3) is 11.5 Å². The van der Waals surface area contributed by atoms with E-state index in [-0.39, 0.29) is 23.2 Å². The molecule has 3 aromatic rings. The molecular weight excluding hydrogens is 503 g/mol. The molecule has 2 atom stereocenters. The fraction of sp³-hybridized carbons (Fsp3) is 0.345. The quantitative estimate of drug-likeness (QED) is 0.399. The summed E-state index contributed by atoms with van der Waals surface area (Å²) in [7, 11) is 0. The van der Waals surface area contributed by atoms with Crippen LogP contribution in [0.25, 0.3) is 0 Å². The standard InChI is InChI=1S/C29H31FN4O5/c1-16-12-19(8-9-21(16)26(36)22-13-17(2)32-33-28(22)38)27(37)31-15-25(35)34-23(10-11-24(34)29(3,4)39)18-6-5-7-20(30)14-18/h5-9,12-14,23-24,39H,10-11,15H2,1-4H3,(H,31,37)(H,33,38)/t23-,24?/m0/s1.